The molecule has 0 saturated heterocycles. The molecule has 0 radical (unpaired) electrons. The van der Waals surface area contributed by atoms with Crippen molar-refractivity contribution in [1.82, 2.24) is 0 Å². The summed E-state index contributed by atoms with van der Waals surface area (Å²) in [5.74, 6) is 0.525. The van der Waals surface area contributed by atoms with E-state index in [1.165, 1.54) is 133 Å². The normalized spacial score (nSPS) is 18.2. The molecule has 0 spiro atoms. The Morgan fingerprint density at radius 2 is 1.03 bits per heavy atom. The molecule has 0 nitrogen and oxygen atoms in total. The average molecular weight is 829 g/mol. The smallest absolute Gasteiger partial charge is 0.0352 e. The monoisotopic (exact) mass is 828 g/mol. The highest BCUT2D eigenvalue weighted by molar-refractivity contribution is 6.12. The molecular formula is C65H48. The molecule has 308 valence electrons. The van der Waals surface area contributed by atoms with Crippen LogP contribution in [0.15, 0.2) is 194 Å². The van der Waals surface area contributed by atoms with E-state index in [2.05, 4.69) is 222 Å². The zero-order valence-electron chi connectivity index (χ0n) is 37.3. The Morgan fingerprint density at radius 1 is 0.415 bits per heavy atom. The van der Waals surface area contributed by atoms with Gasteiger partial charge in [-0.25, -0.2) is 0 Å². The first-order valence-corrected chi connectivity index (χ1v) is 23.5. The number of allylic oxidation sites excluding steroid dienone is 3. The zero-order valence-corrected chi connectivity index (χ0v) is 37.3. The number of benzene rings is 9. The summed E-state index contributed by atoms with van der Waals surface area (Å²) in [5, 5.41) is 2.87. The van der Waals surface area contributed by atoms with Gasteiger partial charge < -0.3 is 0 Å². The van der Waals surface area contributed by atoms with Crippen LogP contribution in [0.5, 0.6) is 0 Å². The van der Waals surface area contributed by atoms with Gasteiger partial charge in [-0.3, -0.25) is 0 Å². The van der Waals surface area contributed by atoms with E-state index in [9.17, 15) is 0 Å². The minimum atomic E-state index is -0.131. The topological polar surface area (TPSA) is 0 Å². The van der Waals surface area contributed by atoms with Gasteiger partial charge in [0.1, 0.15) is 0 Å². The molecule has 9 aromatic rings. The Balaban J connectivity index is 0.851. The number of hydrogen-bond donors (Lipinski definition) is 0. The highest BCUT2D eigenvalue weighted by Gasteiger charge is 2.47. The maximum absolute atomic E-state index is 2.59. The Morgan fingerprint density at radius 3 is 1.83 bits per heavy atom. The number of fused-ring (bicyclic) bond motifs is 11. The summed E-state index contributed by atoms with van der Waals surface area (Å²) in [6.07, 6.45) is 6.11. The minimum absolute atomic E-state index is 0.0851. The highest BCUT2D eigenvalue weighted by Crippen LogP contribution is 2.62. The maximum atomic E-state index is 2.59. The van der Waals surface area contributed by atoms with Gasteiger partial charge >= 0.3 is 0 Å². The third kappa shape index (κ3) is 5.09. The maximum Gasteiger partial charge on any atom is 0.0352 e. The van der Waals surface area contributed by atoms with Crippen molar-refractivity contribution in [3.05, 3.63) is 249 Å². The summed E-state index contributed by atoms with van der Waals surface area (Å²) < 4.78 is 0. The fourth-order valence-electron chi connectivity index (χ4n) is 13.0. The number of rotatable bonds is 4. The van der Waals surface area contributed by atoms with Crippen molar-refractivity contribution >= 4 is 22.4 Å². The SMILES string of the molecule is CC1(C)C2=Cc3ccc4c5c(cc6c4c3C(=CC6)C2c2ccc(-c3ccc(-c4ccccc4)cc3)cc21)C(C)(C)c1cc(-c2ccc3c(c2)-c2ccccc2C3c2ccccc2)ccc1-5. The Labute approximate surface area is 382 Å². The largest absolute Gasteiger partial charge is 0.0753 e. The van der Waals surface area contributed by atoms with Gasteiger partial charge in [-0.15, -0.1) is 0 Å². The van der Waals surface area contributed by atoms with E-state index in [-0.39, 0.29) is 22.7 Å². The van der Waals surface area contributed by atoms with Crippen LogP contribution in [0.2, 0.25) is 0 Å². The van der Waals surface area contributed by atoms with Crippen LogP contribution in [-0.2, 0) is 17.3 Å². The van der Waals surface area contributed by atoms with Crippen molar-refractivity contribution in [1.29, 1.82) is 0 Å². The van der Waals surface area contributed by atoms with E-state index in [0.717, 1.165) is 6.42 Å². The first-order chi connectivity index (χ1) is 31.7. The molecule has 0 heterocycles. The summed E-state index contributed by atoms with van der Waals surface area (Å²) >= 11 is 0. The molecule has 0 aliphatic heterocycles. The van der Waals surface area contributed by atoms with Crippen molar-refractivity contribution < 1.29 is 0 Å². The fourth-order valence-corrected chi connectivity index (χ4v) is 13.0. The van der Waals surface area contributed by atoms with Crippen LogP contribution in [-0.4, -0.2) is 0 Å². The Kier molecular flexibility index (Phi) is 7.51. The summed E-state index contributed by atoms with van der Waals surface area (Å²) in [6.45, 7) is 9.79. The molecule has 9 aromatic carbocycles. The second-order valence-corrected chi connectivity index (χ2v) is 20.3. The molecule has 0 heteroatoms. The van der Waals surface area contributed by atoms with Crippen LogP contribution >= 0.6 is 0 Å². The van der Waals surface area contributed by atoms with Crippen LogP contribution in [0.25, 0.3) is 78.1 Å². The van der Waals surface area contributed by atoms with E-state index < -0.39 is 0 Å². The van der Waals surface area contributed by atoms with Gasteiger partial charge in [0.2, 0.25) is 0 Å². The molecule has 0 aromatic heterocycles. The third-order valence-corrected chi connectivity index (χ3v) is 16.3. The van der Waals surface area contributed by atoms with Gasteiger partial charge in [-0.2, -0.15) is 0 Å². The van der Waals surface area contributed by atoms with Gasteiger partial charge in [0, 0.05) is 22.7 Å². The second kappa shape index (κ2) is 13.2. The van der Waals surface area contributed by atoms with Gasteiger partial charge in [0.05, 0.1) is 0 Å². The summed E-state index contributed by atoms with van der Waals surface area (Å²) in [7, 11) is 0. The van der Waals surface area contributed by atoms with Crippen LogP contribution < -0.4 is 0 Å². The molecule has 14 rings (SSSR count). The van der Waals surface area contributed by atoms with Gasteiger partial charge in [0.25, 0.3) is 0 Å². The summed E-state index contributed by atoms with van der Waals surface area (Å²) in [6, 6.07) is 69.1. The lowest BCUT2D eigenvalue weighted by Crippen LogP contribution is -2.20. The van der Waals surface area contributed by atoms with Gasteiger partial charge in [-0.05, 0) is 158 Å². The lowest BCUT2D eigenvalue weighted by atomic mass is 9.69. The molecule has 0 saturated carbocycles. The highest BCUT2D eigenvalue weighted by atomic mass is 14.5. The van der Waals surface area contributed by atoms with E-state index in [4.69, 9.17) is 0 Å². The molecule has 5 aliphatic rings. The van der Waals surface area contributed by atoms with E-state index in [1.54, 1.807) is 0 Å². The third-order valence-electron chi connectivity index (χ3n) is 16.3. The van der Waals surface area contributed by atoms with Crippen LogP contribution in [0.1, 0.15) is 95.2 Å². The van der Waals surface area contributed by atoms with Crippen molar-refractivity contribution in [3.63, 3.8) is 0 Å². The van der Waals surface area contributed by atoms with Crippen molar-refractivity contribution in [2.24, 2.45) is 0 Å². The first kappa shape index (κ1) is 37.1. The average Bonchev–Trinajstić information content (AvgIpc) is 3.89. The predicted octanol–water partition coefficient (Wildman–Crippen LogP) is 16.7. The summed E-state index contributed by atoms with van der Waals surface area (Å²) in [5.41, 5.74) is 30.2. The molecule has 5 aliphatic carbocycles. The number of hydrogen-bond acceptors (Lipinski definition) is 0. The lowest BCUT2D eigenvalue weighted by Gasteiger charge is -2.34. The minimum Gasteiger partial charge on any atom is -0.0753 e. The zero-order chi connectivity index (χ0) is 43.3. The molecule has 2 unspecified atom stereocenters. The fraction of sp³-hybridized carbons (Fsp3) is 0.138. The van der Waals surface area contributed by atoms with Gasteiger partial charge in [-0.1, -0.05) is 204 Å². The molecule has 0 bridgehead atoms. The van der Waals surface area contributed by atoms with E-state index >= 15 is 0 Å². The first-order valence-electron chi connectivity index (χ1n) is 23.5. The van der Waals surface area contributed by atoms with E-state index in [1.807, 2.05) is 0 Å². The standard InChI is InChI=1S/C65H48/c1-64(2)55-34-43(40-21-19-39(20-22-40)38-13-7-5-8-14-38)24-29-50(55)62-52-31-26-46-37-58-63(53-32-27-45(36-57(62)64)60(52)61(46)53)51-30-25-44(35-56(51)65(58,3)4)42-23-28-49-54(33-42)47-17-11-12-18-48(47)59(49)41-15-9-6-10-16-41/h5-25,27-37,59,62H,26H2,1-4H3. The molecule has 2 atom stereocenters. The summed E-state index contributed by atoms with van der Waals surface area (Å²) in [4.78, 5) is 0. The molecule has 0 N–H and O–H groups in total. The van der Waals surface area contributed by atoms with Crippen LogP contribution in [0, 0.1) is 0 Å². The second-order valence-electron chi connectivity index (χ2n) is 20.3. The van der Waals surface area contributed by atoms with Crippen LogP contribution in [0.3, 0.4) is 0 Å². The van der Waals surface area contributed by atoms with E-state index in [0.29, 0.717) is 0 Å². The van der Waals surface area contributed by atoms with Crippen molar-refractivity contribution in [3.8, 4) is 55.6 Å². The molecule has 65 heavy (non-hydrogen) atoms. The Hall–Kier alpha value is -7.28. The Bertz CT molecular complexity index is 3590. The van der Waals surface area contributed by atoms with Crippen molar-refractivity contribution in [2.75, 3.05) is 0 Å². The lowest BCUT2D eigenvalue weighted by molar-refractivity contribution is 0.640. The van der Waals surface area contributed by atoms with Crippen LogP contribution in [0.4, 0.5) is 0 Å². The molecular weight excluding hydrogens is 781 g/mol. The van der Waals surface area contributed by atoms with Gasteiger partial charge in [0.15, 0.2) is 0 Å². The van der Waals surface area contributed by atoms with Crippen molar-refractivity contribution in [2.45, 2.75) is 56.8 Å². The predicted molar refractivity (Wildman–Crippen MR) is 273 cm³/mol. The molecule has 0 fully saturated rings. The quantitative estimate of drug-likeness (QED) is 0.166. The molecule has 0 amide bonds.